The van der Waals surface area contributed by atoms with Crippen LogP contribution >= 0.6 is 0 Å². The zero-order valence-electron chi connectivity index (χ0n) is 12.1. The summed E-state index contributed by atoms with van der Waals surface area (Å²) in [7, 11) is 0. The molecule has 3 N–H and O–H groups in total. The molecular formula is C13H20N2O6. The largest absolute Gasteiger partial charge is 0.457 e. The molecule has 4 atom stereocenters. The van der Waals surface area contributed by atoms with Gasteiger partial charge in [0.25, 0.3) is 0 Å². The van der Waals surface area contributed by atoms with E-state index in [9.17, 15) is 19.8 Å². The molecule has 21 heavy (non-hydrogen) atoms. The quantitative estimate of drug-likeness (QED) is 0.567. The third-order valence-corrected chi connectivity index (χ3v) is 3.83. The number of ether oxygens (including phenoxy) is 2. The standard InChI is InChI=1S/C13H20N2O6/c1-7(17)20-10-11(21-8(6-16)13(10,2)3)15-5-4-9(18)14-12(15)19/h4-5,8,10-12,16,19H,6H2,1-3H3,(H,14,18)/t8-,10+,11-,12?/m1/s1. The topological polar surface area (TPSA) is 108 Å². The molecule has 1 saturated heterocycles. The van der Waals surface area contributed by atoms with Crippen molar-refractivity contribution >= 4 is 11.9 Å². The average Bonchev–Trinajstić information content (AvgIpc) is 2.61. The summed E-state index contributed by atoms with van der Waals surface area (Å²) in [6.07, 6.45) is -0.765. The number of carbonyl (C=O) groups is 2. The Bertz CT molecular complexity index is 464. The van der Waals surface area contributed by atoms with E-state index in [1.165, 1.54) is 24.1 Å². The molecule has 0 aromatic carbocycles. The van der Waals surface area contributed by atoms with Crippen LogP contribution in [-0.2, 0) is 19.1 Å². The van der Waals surface area contributed by atoms with E-state index in [-0.39, 0.29) is 6.61 Å². The first kappa shape index (κ1) is 15.7. The monoisotopic (exact) mass is 300 g/mol. The van der Waals surface area contributed by atoms with Crippen LogP contribution in [0, 0.1) is 5.41 Å². The van der Waals surface area contributed by atoms with Crippen molar-refractivity contribution < 1.29 is 29.3 Å². The third-order valence-electron chi connectivity index (χ3n) is 3.83. The van der Waals surface area contributed by atoms with Crippen molar-refractivity contribution in [2.75, 3.05) is 6.61 Å². The lowest BCUT2D eigenvalue weighted by Gasteiger charge is -2.37. The fraction of sp³-hybridized carbons (Fsp3) is 0.692. The van der Waals surface area contributed by atoms with Crippen molar-refractivity contribution in [3.63, 3.8) is 0 Å². The number of amides is 1. The highest BCUT2D eigenvalue weighted by atomic mass is 16.6. The van der Waals surface area contributed by atoms with E-state index in [0.29, 0.717) is 0 Å². The van der Waals surface area contributed by atoms with Gasteiger partial charge in [0, 0.05) is 24.6 Å². The minimum absolute atomic E-state index is 0.249. The Kier molecular flexibility index (Phi) is 4.22. The second-order valence-electron chi connectivity index (χ2n) is 5.69. The Morgan fingerprint density at radius 2 is 2.24 bits per heavy atom. The molecule has 0 aromatic heterocycles. The van der Waals surface area contributed by atoms with Gasteiger partial charge in [-0.1, -0.05) is 13.8 Å². The molecule has 0 spiro atoms. The number of nitrogens with one attached hydrogen (secondary N) is 1. The molecule has 2 rings (SSSR count). The molecule has 1 fully saturated rings. The maximum Gasteiger partial charge on any atom is 0.303 e. The summed E-state index contributed by atoms with van der Waals surface area (Å²) >= 11 is 0. The minimum atomic E-state index is -1.29. The summed E-state index contributed by atoms with van der Waals surface area (Å²) in [5.74, 6) is -0.918. The molecule has 0 aromatic rings. The summed E-state index contributed by atoms with van der Waals surface area (Å²) in [5.41, 5.74) is -0.653. The Balaban J connectivity index is 2.29. The van der Waals surface area contributed by atoms with E-state index in [1.54, 1.807) is 13.8 Å². The summed E-state index contributed by atoms with van der Waals surface area (Å²) in [5, 5.41) is 21.7. The van der Waals surface area contributed by atoms with E-state index < -0.39 is 42.1 Å². The average molecular weight is 300 g/mol. The highest BCUT2D eigenvalue weighted by molar-refractivity contribution is 5.88. The van der Waals surface area contributed by atoms with Crippen LogP contribution in [0.1, 0.15) is 20.8 Å². The number of esters is 1. The molecule has 2 heterocycles. The van der Waals surface area contributed by atoms with E-state index in [0.717, 1.165) is 0 Å². The number of rotatable bonds is 3. The maximum atomic E-state index is 11.3. The second kappa shape index (κ2) is 5.63. The van der Waals surface area contributed by atoms with Crippen molar-refractivity contribution in [1.29, 1.82) is 0 Å². The van der Waals surface area contributed by atoms with Gasteiger partial charge in [0.2, 0.25) is 12.3 Å². The highest BCUT2D eigenvalue weighted by Gasteiger charge is 2.55. The first-order valence-electron chi connectivity index (χ1n) is 6.65. The molecule has 8 nitrogen and oxygen atoms in total. The fourth-order valence-electron chi connectivity index (χ4n) is 2.57. The molecule has 2 aliphatic rings. The Labute approximate surface area is 122 Å². The number of carbonyl (C=O) groups excluding carboxylic acids is 2. The van der Waals surface area contributed by atoms with Crippen LogP contribution in [0.4, 0.5) is 0 Å². The molecule has 0 aliphatic carbocycles. The summed E-state index contributed by atoms with van der Waals surface area (Å²) < 4.78 is 11.0. The fourth-order valence-corrected chi connectivity index (χ4v) is 2.57. The van der Waals surface area contributed by atoms with Gasteiger partial charge in [0.05, 0.1) is 12.7 Å². The number of hydrogen-bond acceptors (Lipinski definition) is 7. The van der Waals surface area contributed by atoms with Gasteiger partial charge in [-0.25, -0.2) is 0 Å². The van der Waals surface area contributed by atoms with Crippen LogP contribution in [0.3, 0.4) is 0 Å². The van der Waals surface area contributed by atoms with Crippen LogP contribution in [0.15, 0.2) is 12.3 Å². The molecule has 0 saturated carbocycles. The van der Waals surface area contributed by atoms with Crippen molar-refractivity contribution in [3.05, 3.63) is 12.3 Å². The first-order valence-corrected chi connectivity index (χ1v) is 6.65. The molecule has 1 unspecified atom stereocenters. The van der Waals surface area contributed by atoms with Gasteiger partial charge in [-0.3, -0.25) is 9.59 Å². The summed E-state index contributed by atoms with van der Waals surface area (Å²) in [6.45, 7) is 4.64. The first-order chi connectivity index (χ1) is 9.77. The van der Waals surface area contributed by atoms with Crippen LogP contribution in [0.2, 0.25) is 0 Å². The predicted molar refractivity (Wildman–Crippen MR) is 70.2 cm³/mol. The van der Waals surface area contributed by atoms with Crippen LogP contribution < -0.4 is 5.32 Å². The zero-order chi connectivity index (χ0) is 15.8. The normalized spacial score (nSPS) is 34.7. The van der Waals surface area contributed by atoms with Gasteiger partial charge in [0.1, 0.15) is 0 Å². The van der Waals surface area contributed by atoms with E-state index in [1.807, 2.05) is 0 Å². The Hall–Kier alpha value is -1.64. The number of hydrogen-bond donors (Lipinski definition) is 3. The van der Waals surface area contributed by atoms with Crippen LogP contribution in [0.25, 0.3) is 0 Å². The van der Waals surface area contributed by atoms with Gasteiger partial charge >= 0.3 is 5.97 Å². The molecule has 8 heteroatoms. The maximum absolute atomic E-state index is 11.3. The van der Waals surface area contributed by atoms with Gasteiger partial charge < -0.3 is 29.9 Å². The van der Waals surface area contributed by atoms with Gasteiger partial charge in [-0.2, -0.15) is 0 Å². The van der Waals surface area contributed by atoms with Crippen LogP contribution in [0.5, 0.6) is 0 Å². The Morgan fingerprint density at radius 3 is 2.76 bits per heavy atom. The molecule has 0 bridgehead atoms. The zero-order valence-corrected chi connectivity index (χ0v) is 12.1. The number of aliphatic hydroxyl groups is 2. The predicted octanol–water partition coefficient (Wildman–Crippen LogP) is -1.12. The number of nitrogens with zero attached hydrogens (tertiary/aromatic N) is 1. The van der Waals surface area contributed by atoms with Gasteiger partial charge in [0.15, 0.2) is 12.3 Å². The second-order valence-corrected chi connectivity index (χ2v) is 5.69. The van der Waals surface area contributed by atoms with Crippen molar-refractivity contribution in [2.24, 2.45) is 5.41 Å². The third kappa shape index (κ3) is 2.87. The summed E-state index contributed by atoms with van der Waals surface area (Å²) in [6, 6.07) is 0. The van der Waals surface area contributed by atoms with E-state index in [4.69, 9.17) is 9.47 Å². The van der Waals surface area contributed by atoms with Crippen molar-refractivity contribution in [3.8, 4) is 0 Å². The minimum Gasteiger partial charge on any atom is -0.457 e. The van der Waals surface area contributed by atoms with E-state index in [2.05, 4.69) is 5.32 Å². The molecule has 2 aliphatic heterocycles. The van der Waals surface area contributed by atoms with Gasteiger partial charge in [-0.05, 0) is 0 Å². The Morgan fingerprint density at radius 1 is 1.57 bits per heavy atom. The summed E-state index contributed by atoms with van der Waals surface area (Å²) in [4.78, 5) is 23.9. The highest BCUT2D eigenvalue weighted by Crippen LogP contribution is 2.42. The number of aliphatic hydroxyl groups excluding tert-OH is 2. The lowest BCUT2D eigenvalue weighted by Crippen LogP contribution is -2.56. The smallest absolute Gasteiger partial charge is 0.303 e. The lowest BCUT2D eigenvalue weighted by molar-refractivity contribution is -0.173. The lowest BCUT2D eigenvalue weighted by atomic mass is 9.82. The molecular weight excluding hydrogens is 280 g/mol. The van der Waals surface area contributed by atoms with Crippen molar-refractivity contribution in [1.82, 2.24) is 10.2 Å². The molecule has 1 amide bonds. The van der Waals surface area contributed by atoms with E-state index >= 15 is 0 Å². The molecule has 0 radical (unpaired) electrons. The molecule has 118 valence electrons. The SMILES string of the molecule is CC(=O)O[C@H]1[C@H](N2C=CC(=O)NC2O)O[C@H](CO)C1(C)C. The van der Waals surface area contributed by atoms with Crippen molar-refractivity contribution in [2.45, 2.75) is 45.6 Å². The van der Waals surface area contributed by atoms with Crippen LogP contribution in [-0.4, -0.2) is 58.4 Å². The van der Waals surface area contributed by atoms with Gasteiger partial charge in [-0.15, -0.1) is 0 Å².